The van der Waals surface area contributed by atoms with Crippen LogP contribution in [0.1, 0.15) is 11.3 Å². The van der Waals surface area contributed by atoms with Gasteiger partial charge in [0.05, 0.1) is 22.8 Å². The maximum absolute atomic E-state index is 12.3. The summed E-state index contributed by atoms with van der Waals surface area (Å²) in [4.78, 5) is 21.0. The predicted octanol–water partition coefficient (Wildman–Crippen LogP) is 3.49. The molecule has 4 rings (SSSR count). The minimum atomic E-state index is -0.112. The van der Waals surface area contributed by atoms with E-state index in [1.807, 2.05) is 29.6 Å². The average molecular weight is 402 g/mol. The van der Waals surface area contributed by atoms with Crippen LogP contribution in [0.3, 0.4) is 0 Å². The minimum Gasteiger partial charge on any atom is -0.486 e. The van der Waals surface area contributed by atoms with Crippen molar-refractivity contribution in [3.8, 4) is 22.2 Å². The summed E-state index contributed by atoms with van der Waals surface area (Å²) in [6, 6.07) is 9.28. The monoisotopic (exact) mass is 401 g/mol. The normalized spacial score (nSPS) is 12.6. The largest absolute Gasteiger partial charge is 0.486 e. The number of hydrogen-bond acceptors (Lipinski definition) is 6. The smallest absolute Gasteiger partial charge is 0.226 e. The van der Waals surface area contributed by atoms with Gasteiger partial charge in [-0.15, -0.1) is 11.3 Å². The van der Waals surface area contributed by atoms with Crippen LogP contribution < -0.4 is 14.8 Å². The summed E-state index contributed by atoms with van der Waals surface area (Å²) >= 11 is 7.70. The Balaban J connectivity index is 1.36. The van der Waals surface area contributed by atoms with Gasteiger partial charge < -0.3 is 14.8 Å². The lowest BCUT2D eigenvalue weighted by Gasteiger charge is -2.20. The van der Waals surface area contributed by atoms with Crippen LogP contribution in [0.15, 0.2) is 41.9 Å². The lowest BCUT2D eigenvalue weighted by molar-refractivity contribution is -0.120. The van der Waals surface area contributed by atoms with Crippen molar-refractivity contribution >= 4 is 28.8 Å². The minimum absolute atomic E-state index is 0.112. The second-order valence-corrected chi connectivity index (χ2v) is 7.18. The lowest BCUT2D eigenvalue weighted by atomic mass is 10.2. The van der Waals surface area contributed by atoms with Crippen molar-refractivity contribution in [2.75, 3.05) is 13.2 Å². The molecule has 0 bridgehead atoms. The Bertz CT molecular complexity index is 962. The zero-order chi connectivity index (χ0) is 18.6. The zero-order valence-corrected chi connectivity index (χ0v) is 15.8. The van der Waals surface area contributed by atoms with Crippen LogP contribution in [0.4, 0.5) is 0 Å². The molecule has 0 saturated carbocycles. The third kappa shape index (κ3) is 4.20. The van der Waals surface area contributed by atoms with Crippen molar-refractivity contribution in [3.63, 3.8) is 0 Å². The van der Waals surface area contributed by atoms with Gasteiger partial charge in [0.2, 0.25) is 5.91 Å². The van der Waals surface area contributed by atoms with Crippen molar-refractivity contribution in [3.05, 3.63) is 58.2 Å². The van der Waals surface area contributed by atoms with Crippen molar-refractivity contribution in [1.29, 1.82) is 0 Å². The molecule has 0 unspecified atom stereocenters. The summed E-state index contributed by atoms with van der Waals surface area (Å²) in [5.41, 5.74) is 2.38. The van der Waals surface area contributed by atoms with E-state index in [0.717, 1.165) is 22.0 Å². The Morgan fingerprint density at radius 1 is 1.26 bits per heavy atom. The molecule has 3 heterocycles. The highest BCUT2D eigenvalue weighted by Crippen LogP contribution is 2.38. The Hall–Kier alpha value is -2.64. The van der Waals surface area contributed by atoms with E-state index >= 15 is 0 Å². The van der Waals surface area contributed by atoms with E-state index in [-0.39, 0.29) is 12.3 Å². The second kappa shape index (κ2) is 7.94. The van der Waals surface area contributed by atoms with Gasteiger partial charge in [0.1, 0.15) is 18.2 Å². The molecule has 0 atom stereocenters. The fourth-order valence-electron chi connectivity index (χ4n) is 2.69. The number of halogens is 1. The number of nitrogens with zero attached hydrogens (tertiary/aromatic N) is 2. The molecular formula is C19H16ClN3O3S. The number of benzene rings is 1. The first-order valence-electron chi connectivity index (χ1n) is 8.39. The van der Waals surface area contributed by atoms with Crippen molar-refractivity contribution in [1.82, 2.24) is 15.3 Å². The molecule has 3 aromatic rings. The Morgan fingerprint density at radius 3 is 3.00 bits per heavy atom. The molecule has 1 aliphatic rings. The number of fused-ring (bicyclic) bond motifs is 1. The number of thiazole rings is 1. The average Bonchev–Trinajstić information content (AvgIpc) is 3.16. The molecular weight excluding hydrogens is 386 g/mol. The topological polar surface area (TPSA) is 73.3 Å². The Morgan fingerprint density at radius 2 is 2.15 bits per heavy atom. The molecule has 0 radical (unpaired) electrons. The molecule has 8 heteroatoms. The first-order valence-corrected chi connectivity index (χ1v) is 9.65. The number of nitrogens with one attached hydrogen (secondary N) is 1. The quantitative estimate of drug-likeness (QED) is 0.708. The Kier molecular flexibility index (Phi) is 5.22. The van der Waals surface area contributed by atoms with E-state index in [1.165, 1.54) is 11.3 Å². The van der Waals surface area contributed by atoms with Gasteiger partial charge >= 0.3 is 0 Å². The van der Waals surface area contributed by atoms with E-state index in [9.17, 15) is 4.79 Å². The van der Waals surface area contributed by atoms with E-state index in [2.05, 4.69) is 15.3 Å². The van der Waals surface area contributed by atoms with Crippen LogP contribution in [0, 0.1) is 0 Å². The van der Waals surface area contributed by atoms with Gasteiger partial charge in [-0.05, 0) is 29.8 Å². The number of carbonyl (C=O) groups is 1. The molecule has 6 nitrogen and oxygen atoms in total. The molecule has 0 aliphatic carbocycles. The first kappa shape index (κ1) is 17.8. The Labute approximate surface area is 165 Å². The van der Waals surface area contributed by atoms with Gasteiger partial charge in [-0.1, -0.05) is 17.7 Å². The van der Waals surface area contributed by atoms with Gasteiger partial charge in [0, 0.05) is 18.1 Å². The second-order valence-electron chi connectivity index (χ2n) is 5.91. The van der Waals surface area contributed by atoms with Crippen LogP contribution in [-0.4, -0.2) is 29.1 Å². The third-order valence-electron chi connectivity index (χ3n) is 3.92. The SMILES string of the molecule is O=C(Cc1csc(-c2ccccn2)n1)NCc1cc(Cl)c2c(c1)OCCO2. The highest BCUT2D eigenvalue weighted by molar-refractivity contribution is 7.13. The highest BCUT2D eigenvalue weighted by atomic mass is 35.5. The highest BCUT2D eigenvalue weighted by Gasteiger charge is 2.17. The summed E-state index contributed by atoms with van der Waals surface area (Å²) in [6.45, 7) is 1.32. The van der Waals surface area contributed by atoms with E-state index < -0.39 is 0 Å². The standard InChI is InChI=1S/C19H16ClN3O3S/c20-14-7-12(8-16-18(14)26-6-5-25-16)10-22-17(24)9-13-11-27-19(23-13)15-3-1-2-4-21-15/h1-4,7-8,11H,5-6,9-10H2,(H,22,24). The first-order chi connectivity index (χ1) is 13.2. The van der Waals surface area contributed by atoms with E-state index in [1.54, 1.807) is 12.3 Å². The van der Waals surface area contributed by atoms with Gasteiger partial charge in [-0.3, -0.25) is 9.78 Å². The van der Waals surface area contributed by atoms with Crippen molar-refractivity contribution in [2.24, 2.45) is 0 Å². The molecule has 0 spiro atoms. The maximum atomic E-state index is 12.3. The molecule has 1 amide bonds. The van der Waals surface area contributed by atoms with Crippen LogP contribution >= 0.6 is 22.9 Å². The van der Waals surface area contributed by atoms with Crippen LogP contribution in [0.2, 0.25) is 5.02 Å². The molecule has 138 valence electrons. The molecule has 0 saturated heterocycles. The number of hydrogen-bond donors (Lipinski definition) is 1. The zero-order valence-electron chi connectivity index (χ0n) is 14.3. The molecule has 27 heavy (non-hydrogen) atoms. The molecule has 1 N–H and O–H groups in total. The van der Waals surface area contributed by atoms with E-state index in [4.69, 9.17) is 21.1 Å². The summed E-state index contributed by atoms with van der Waals surface area (Å²) in [5, 5.41) is 6.05. The summed E-state index contributed by atoms with van der Waals surface area (Å²) < 4.78 is 11.1. The summed E-state index contributed by atoms with van der Waals surface area (Å²) in [6.07, 6.45) is 1.93. The van der Waals surface area contributed by atoms with Gasteiger partial charge in [0.25, 0.3) is 0 Å². The maximum Gasteiger partial charge on any atom is 0.226 e. The number of carbonyl (C=O) groups excluding carboxylic acids is 1. The molecule has 0 fully saturated rings. The lowest BCUT2D eigenvalue weighted by Crippen LogP contribution is -2.25. The van der Waals surface area contributed by atoms with Crippen molar-refractivity contribution in [2.45, 2.75) is 13.0 Å². The molecule has 2 aromatic heterocycles. The summed E-state index contributed by atoms with van der Waals surface area (Å²) in [5.74, 6) is 1.05. The number of rotatable bonds is 5. The third-order valence-corrected chi connectivity index (χ3v) is 5.12. The van der Waals surface area contributed by atoms with Crippen LogP contribution in [-0.2, 0) is 17.8 Å². The van der Waals surface area contributed by atoms with Gasteiger partial charge in [-0.25, -0.2) is 4.98 Å². The number of amides is 1. The number of ether oxygens (including phenoxy) is 2. The van der Waals surface area contributed by atoms with E-state index in [0.29, 0.717) is 36.3 Å². The van der Waals surface area contributed by atoms with Gasteiger partial charge in [0.15, 0.2) is 11.5 Å². The fraction of sp³-hybridized carbons (Fsp3) is 0.211. The molecule has 1 aromatic carbocycles. The van der Waals surface area contributed by atoms with Crippen molar-refractivity contribution < 1.29 is 14.3 Å². The summed E-state index contributed by atoms with van der Waals surface area (Å²) in [7, 11) is 0. The van der Waals surface area contributed by atoms with Gasteiger partial charge in [-0.2, -0.15) is 0 Å². The number of pyridine rings is 1. The number of aromatic nitrogens is 2. The fourth-order valence-corrected chi connectivity index (χ4v) is 3.77. The van der Waals surface area contributed by atoms with Crippen LogP contribution in [0.5, 0.6) is 11.5 Å². The predicted molar refractivity (Wildman–Crippen MR) is 103 cm³/mol. The molecule has 1 aliphatic heterocycles. The van der Waals surface area contributed by atoms with Crippen LogP contribution in [0.25, 0.3) is 10.7 Å².